The van der Waals surface area contributed by atoms with E-state index in [1.807, 2.05) is 30.3 Å². The summed E-state index contributed by atoms with van der Waals surface area (Å²) in [6.07, 6.45) is 3.56. The topological polar surface area (TPSA) is 37.8 Å². The molecule has 3 rings (SSSR count). The fraction of sp³-hybridized carbons (Fsp3) is 0.125. The molecule has 0 bridgehead atoms. The predicted molar refractivity (Wildman–Crippen MR) is 91.3 cm³/mol. The highest BCUT2D eigenvalue weighted by Crippen LogP contribution is 2.28. The second-order valence-corrected chi connectivity index (χ2v) is 5.87. The highest BCUT2D eigenvalue weighted by Gasteiger charge is 2.08. The molecule has 0 atom stereocenters. The van der Waals surface area contributed by atoms with E-state index in [9.17, 15) is 0 Å². The minimum atomic E-state index is 0.457. The van der Waals surface area contributed by atoms with Gasteiger partial charge >= 0.3 is 0 Å². The van der Waals surface area contributed by atoms with Crippen LogP contribution in [-0.2, 0) is 5.88 Å². The zero-order valence-corrected chi connectivity index (χ0v) is 13.7. The van der Waals surface area contributed by atoms with Gasteiger partial charge in [0.1, 0.15) is 5.52 Å². The van der Waals surface area contributed by atoms with Crippen LogP contribution in [0.4, 0.5) is 11.5 Å². The van der Waals surface area contributed by atoms with Gasteiger partial charge in [0, 0.05) is 33.8 Å². The smallest absolute Gasteiger partial charge is 0.156 e. The summed E-state index contributed by atoms with van der Waals surface area (Å²) >= 11 is 9.40. The van der Waals surface area contributed by atoms with E-state index >= 15 is 0 Å². The van der Waals surface area contributed by atoms with Gasteiger partial charge in [0.15, 0.2) is 5.82 Å². The molecule has 106 valence electrons. The Balaban J connectivity index is 2.06. The van der Waals surface area contributed by atoms with E-state index < -0.39 is 0 Å². The molecule has 3 aromatic rings. The van der Waals surface area contributed by atoms with Crippen LogP contribution in [-0.4, -0.2) is 9.97 Å². The lowest BCUT2D eigenvalue weighted by Crippen LogP contribution is -1.98. The Morgan fingerprint density at radius 3 is 2.90 bits per heavy atom. The number of halogens is 2. The standard InChI is InChI=1S/C16H13BrClN3/c1-10-13(17)3-2-4-14(10)21-16-15-12(5-6-19-16)7-11(8-18)9-20-15/h2-7,9H,8H2,1H3,(H,19,21). The second kappa shape index (κ2) is 6.00. The molecule has 1 N–H and O–H groups in total. The van der Waals surface area contributed by atoms with Crippen molar-refractivity contribution in [3.8, 4) is 0 Å². The number of benzene rings is 1. The summed E-state index contributed by atoms with van der Waals surface area (Å²) in [5, 5.41) is 4.38. The number of pyridine rings is 2. The molecule has 2 heterocycles. The number of rotatable bonds is 3. The molecule has 2 aromatic heterocycles. The molecule has 5 heteroatoms. The minimum absolute atomic E-state index is 0.457. The van der Waals surface area contributed by atoms with E-state index in [1.54, 1.807) is 12.4 Å². The molecule has 0 saturated carbocycles. The molecule has 0 radical (unpaired) electrons. The van der Waals surface area contributed by atoms with Crippen LogP contribution in [0.15, 0.2) is 47.2 Å². The lowest BCUT2D eigenvalue weighted by Gasteiger charge is -2.11. The molecule has 0 amide bonds. The summed E-state index contributed by atoms with van der Waals surface area (Å²) in [5.74, 6) is 1.20. The molecule has 0 aliphatic rings. The number of hydrogen-bond acceptors (Lipinski definition) is 3. The molecular weight excluding hydrogens is 350 g/mol. The maximum atomic E-state index is 5.86. The van der Waals surface area contributed by atoms with E-state index in [-0.39, 0.29) is 0 Å². The van der Waals surface area contributed by atoms with Crippen molar-refractivity contribution < 1.29 is 0 Å². The first kappa shape index (κ1) is 14.3. The maximum Gasteiger partial charge on any atom is 0.156 e. The lowest BCUT2D eigenvalue weighted by atomic mass is 10.2. The first-order valence-electron chi connectivity index (χ1n) is 6.51. The van der Waals surface area contributed by atoms with Crippen LogP contribution in [0.1, 0.15) is 11.1 Å². The predicted octanol–water partition coefficient (Wildman–Crippen LogP) is 5.18. The van der Waals surface area contributed by atoms with E-state index in [0.717, 1.165) is 38.0 Å². The number of fused-ring (bicyclic) bond motifs is 1. The van der Waals surface area contributed by atoms with Gasteiger partial charge in [-0.05, 0) is 42.3 Å². The van der Waals surface area contributed by atoms with Gasteiger partial charge in [-0.2, -0.15) is 0 Å². The molecule has 0 aliphatic carbocycles. The van der Waals surface area contributed by atoms with Gasteiger partial charge in [-0.3, -0.25) is 4.98 Å². The van der Waals surface area contributed by atoms with Gasteiger partial charge in [-0.15, -0.1) is 11.6 Å². The molecule has 1 aromatic carbocycles. The highest BCUT2D eigenvalue weighted by atomic mass is 79.9. The number of nitrogens with zero attached hydrogens (tertiary/aromatic N) is 2. The second-order valence-electron chi connectivity index (χ2n) is 4.75. The van der Waals surface area contributed by atoms with Crippen molar-refractivity contribution in [2.45, 2.75) is 12.8 Å². The molecule has 0 spiro atoms. The van der Waals surface area contributed by atoms with E-state index in [0.29, 0.717) is 5.88 Å². The monoisotopic (exact) mass is 361 g/mol. The van der Waals surface area contributed by atoms with Gasteiger partial charge in [0.2, 0.25) is 0 Å². The molecule has 0 unspecified atom stereocenters. The maximum absolute atomic E-state index is 5.86. The highest BCUT2D eigenvalue weighted by molar-refractivity contribution is 9.10. The SMILES string of the molecule is Cc1c(Br)cccc1Nc1nccc2cc(CCl)cnc12. The van der Waals surface area contributed by atoms with Crippen molar-refractivity contribution in [2.24, 2.45) is 0 Å². The zero-order chi connectivity index (χ0) is 14.8. The normalized spacial score (nSPS) is 10.8. The number of aromatic nitrogens is 2. The number of hydrogen-bond donors (Lipinski definition) is 1. The first-order chi connectivity index (χ1) is 10.2. The molecule has 21 heavy (non-hydrogen) atoms. The van der Waals surface area contributed by atoms with Crippen LogP contribution in [0.25, 0.3) is 10.9 Å². The molecule has 0 fully saturated rings. The average Bonchev–Trinajstić information content (AvgIpc) is 2.51. The van der Waals surface area contributed by atoms with E-state index in [1.165, 1.54) is 0 Å². The molecular formula is C16H13BrClN3. The third kappa shape index (κ3) is 2.87. The van der Waals surface area contributed by atoms with Gasteiger partial charge < -0.3 is 5.32 Å². The van der Waals surface area contributed by atoms with Crippen LogP contribution in [0, 0.1) is 6.92 Å². The van der Waals surface area contributed by atoms with Crippen molar-refractivity contribution in [2.75, 3.05) is 5.32 Å². The number of nitrogens with one attached hydrogen (secondary N) is 1. The van der Waals surface area contributed by atoms with Crippen LogP contribution < -0.4 is 5.32 Å². The number of anilines is 2. The van der Waals surface area contributed by atoms with Crippen molar-refractivity contribution in [1.82, 2.24) is 9.97 Å². The quantitative estimate of drug-likeness (QED) is 0.652. The third-order valence-electron chi connectivity index (χ3n) is 3.33. The summed E-state index contributed by atoms with van der Waals surface area (Å²) in [7, 11) is 0. The third-order valence-corrected chi connectivity index (χ3v) is 4.50. The zero-order valence-electron chi connectivity index (χ0n) is 11.4. The van der Waals surface area contributed by atoms with Gasteiger partial charge in [0.05, 0.1) is 0 Å². The van der Waals surface area contributed by atoms with Crippen molar-refractivity contribution in [3.63, 3.8) is 0 Å². The Labute approximate surface area is 136 Å². The van der Waals surface area contributed by atoms with Crippen molar-refractivity contribution in [1.29, 1.82) is 0 Å². The summed E-state index contributed by atoms with van der Waals surface area (Å²) in [6.45, 7) is 2.05. The largest absolute Gasteiger partial charge is 0.338 e. The lowest BCUT2D eigenvalue weighted by molar-refractivity contribution is 1.25. The summed E-state index contributed by atoms with van der Waals surface area (Å²) in [6, 6.07) is 10.0. The van der Waals surface area contributed by atoms with E-state index in [4.69, 9.17) is 11.6 Å². The fourth-order valence-electron chi connectivity index (χ4n) is 2.14. The summed E-state index contributed by atoms with van der Waals surface area (Å²) < 4.78 is 1.06. The van der Waals surface area contributed by atoms with E-state index in [2.05, 4.69) is 38.1 Å². The van der Waals surface area contributed by atoms with Gasteiger partial charge in [-0.1, -0.05) is 22.0 Å². The fourth-order valence-corrected chi connectivity index (χ4v) is 2.65. The Bertz CT molecular complexity index is 805. The Morgan fingerprint density at radius 2 is 2.10 bits per heavy atom. The minimum Gasteiger partial charge on any atom is -0.338 e. The number of alkyl halides is 1. The molecule has 0 aliphatic heterocycles. The van der Waals surface area contributed by atoms with Crippen LogP contribution in [0.2, 0.25) is 0 Å². The Morgan fingerprint density at radius 1 is 1.24 bits per heavy atom. The average molecular weight is 363 g/mol. The van der Waals surface area contributed by atoms with Crippen LogP contribution in [0.5, 0.6) is 0 Å². The van der Waals surface area contributed by atoms with Crippen molar-refractivity contribution in [3.05, 3.63) is 58.3 Å². The van der Waals surface area contributed by atoms with Gasteiger partial charge in [-0.25, -0.2) is 4.98 Å². The van der Waals surface area contributed by atoms with Crippen molar-refractivity contribution >= 4 is 49.9 Å². The summed E-state index contributed by atoms with van der Waals surface area (Å²) in [4.78, 5) is 8.89. The Hall–Kier alpha value is -1.65. The van der Waals surface area contributed by atoms with Crippen LogP contribution >= 0.6 is 27.5 Å². The molecule has 3 nitrogen and oxygen atoms in total. The first-order valence-corrected chi connectivity index (χ1v) is 7.83. The summed E-state index contributed by atoms with van der Waals surface area (Å²) in [5.41, 5.74) is 3.98. The molecule has 0 saturated heterocycles. The Kier molecular flexibility index (Phi) is 4.08. The van der Waals surface area contributed by atoms with Gasteiger partial charge in [0.25, 0.3) is 0 Å². The van der Waals surface area contributed by atoms with Crippen LogP contribution in [0.3, 0.4) is 0 Å².